The molecule has 0 radical (unpaired) electrons. The first-order valence-corrected chi connectivity index (χ1v) is 10.2. The quantitative estimate of drug-likeness (QED) is 0.143. The van der Waals surface area contributed by atoms with Gasteiger partial charge in [-0.3, -0.25) is 14.2 Å². The Balaban J connectivity index is 2.25. The van der Waals surface area contributed by atoms with E-state index in [9.17, 15) is 4.79 Å². The minimum atomic E-state index is -0.382. The molecule has 0 aliphatic heterocycles. The van der Waals surface area contributed by atoms with Gasteiger partial charge in [-0.05, 0) is 17.7 Å². The number of aromatic nitrogens is 2. The number of hydrogen-bond donors (Lipinski definition) is 6. The molecule has 0 spiro atoms. The first-order chi connectivity index (χ1) is 14.5. The number of aliphatic hydroxyl groups is 1. The Kier molecular flexibility index (Phi) is 10.7. The molecular weight excluding hydrogens is 455 g/mol. The molecule has 0 saturated heterocycles. The van der Waals surface area contributed by atoms with Crippen LogP contribution in [0.5, 0.6) is 0 Å². The number of nitrogens with zero attached hydrogens (tertiary/aromatic N) is 2. The third-order valence-corrected chi connectivity index (χ3v) is 4.78. The lowest BCUT2D eigenvalue weighted by Crippen LogP contribution is -2.32. The second-order valence-electron chi connectivity index (χ2n) is 5.92. The average molecular weight is 479 g/mol. The molecule has 0 saturated carbocycles. The summed E-state index contributed by atoms with van der Waals surface area (Å²) in [5.74, 6) is 0.261. The number of nitrogens with one attached hydrogen (secondary N) is 3. The predicted octanol–water partition coefficient (Wildman–Crippen LogP) is 1.37. The van der Waals surface area contributed by atoms with Gasteiger partial charge in [0.1, 0.15) is 5.69 Å². The second kappa shape index (κ2) is 13.0. The van der Waals surface area contributed by atoms with Gasteiger partial charge in [0.25, 0.3) is 5.56 Å². The summed E-state index contributed by atoms with van der Waals surface area (Å²) in [6.07, 6.45) is 0. The van der Waals surface area contributed by atoms with Crippen molar-refractivity contribution in [2.45, 2.75) is 19.8 Å². The lowest BCUT2D eigenvalue weighted by atomic mass is 10.2. The fourth-order valence-corrected chi connectivity index (χ4v) is 2.90. The van der Waals surface area contributed by atoms with Gasteiger partial charge in [-0.1, -0.05) is 42.1 Å². The number of benzene rings is 1. The highest BCUT2D eigenvalue weighted by Gasteiger charge is 2.16. The Bertz CT molecular complexity index is 886. The lowest BCUT2D eigenvalue weighted by Gasteiger charge is -2.18. The summed E-state index contributed by atoms with van der Waals surface area (Å²) in [7, 11) is 0. The van der Waals surface area contributed by atoms with Crippen LogP contribution in [0.25, 0.3) is 0 Å². The Morgan fingerprint density at radius 1 is 1.23 bits per heavy atom. The van der Waals surface area contributed by atoms with E-state index in [0.717, 1.165) is 5.56 Å². The smallest absolute Gasteiger partial charge is 0.280 e. The van der Waals surface area contributed by atoms with Crippen LogP contribution >= 0.6 is 36.0 Å². The van der Waals surface area contributed by atoms with Crippen molar-refractivity contribution in [2.24, 2.45) is 5.73 Å². The van der Waals surface area contributed by atoms with Crippen LogP contribution in [0.4, 0.5) is 11.6 Å². The number of nitrogens with two attached hydrogens (primary N) is 1. The van der Waals surface area contributed by atoms with E-state index < -0.39 is 0 Å². The van der Waals surface area contributed by atoms with Crippen LogP contribution in [0.15, 0.2) is 23.0 Å². The summed E-state index contributed by atoms with van der Waals surface area (Å²) in [5, 5.41) is 15.7. The minimum absolute atomic E-state index is 0.0447. The maximum Gasteiger partial charge on any atom is 0.280 e. The van der Waals surface area contributed by atoms with E-state index >= 15 is 0 Å². The molecule has 0 unspecified atom stereocenters. The summed E-state index contributed by atoms with van der Waals surface area (Å²) in [4.78, 5) is 24.8. The maximum atomic E-state index is 13.0. The Hall–Kier alpha value is -1.57. The second-order valence-corrected chi connectivity index (χ2v) is 6.92. The number of rotatable bonds is 13. The zero-order valence-corrected chi connectivity index (χ0v) is 18.4. The fourth-order valence-electron chi connectivity index (χ4n) is 2.52. The van der Waals surface area contributed by atoms with E-state index in [2.05, 4.69) is 33.3 Å². The van der Waals surface area contributed by atoms with Gasteiger partial charge >= 0.3 is 0 Å². The number of thiol groups is 1. The van der Waals surface area contributed by atoms with Gasteiger partial charge in [0, 0.05) is 19.6 Å². The minimum Gasteiger partial charge on any atom is -0.394 e. The van der Waals surface area contributed by atoms with Gasteiger partial charge in [0.15, 0.2) is 6.73 Å². The molecule has 0 amide bonds. The third-order valence-electron chi connectivity index (χ3n) is 3.91. The fraction of sp³-hybridized carbons (Fsp3) is 0.412. The highest BCUT2D eigenvalue weighted by atomic mass is 35.5. The molecule has 0 aliphatic rings. The van der Waals surface area contributed by atoms with Crippen LogP contribution in [0.2, 0.25) is 10.0 Å². The van der Waals surface area contributed by atoms with Crippen molar-refractivity contribution in [2.75, 3.05) is 37.0 Å². The van der Waals surface area contributed by atoms with Gasteiger partial charge in [-0.25, -0.2) is 4.98 Å². The van der Waals surface area contributed by atoms with Gasteiger partial charge in [0.05, 0.1) is 35.6 Å². The molecule has 30 heavy (non-hydrogen) atoms. The van der Waals surface area contributed by atoms with Crippen LogP contribution in [0.1, 0.15) is 11.3 Å². The van der Waals surface area contributed by atoms with E-state index in [1.807, 2.05) is 6.07 Å². The first kappa shape index (κ1) is 24.7. The molecule has 2 aromatic rings. The summed E-state index contributed by atoms with van der Waals surface area (Å²) in [5.41, 5.74) is 6.89. The SMILES string of the molecule is NCc1nc(NCc2ccc(Cl)c(Cl)c2)n(CONS)c(=O)c1NCCOCCO. The van der Waals surface area contributed by atoms with Crippen molar-refractivity contribution in [1.82, 2.24) is 14.4 Å². The van der Waals surface area contributed by atoms with Crippen molar-refractivity contribution < 1.29 is 14.7 Å². The molecule has 13 heteroatoms. The average Bonchev–Trinajstić information content (AvgIpc) is 2.74. The van der Waals surface area contributed by atoms with E-state index in [0.29, 0.717) is 35.4 Å². The maximum absolute atomic E-state index is 13.0. The van der Waals surface area contributed by atoms with Crippen molar-refractivity contribution in [3.8, 4) is 0 Å². The summed E-state index contributed by atoms with van der Waals surface area (Å²) in [6.45, 7) is 1.01. The van der Waals surface area contributed by atoms with Crippen molar-refractivity contribution >= 4 is 47.7 Å². The zero-order valence-electron chi connectivity index (χ0n) is 16.0. The molecular formula is C17H24Cl2N6O4S. The van der Waals surface area contributed by atoms with Crippen molar-refractivity contribution in [3.63, 3.8) is 0 Å². The molecule has 10 nitrogen and oxygen atoms in total. The Morgan fingerprint density at radius 3 is 2.70 bits per heavy atom. The molecule has 0 fully saturated rings. The van der Waals surface area contributed by atoms with E-state index in [1.54, 1.807) is 12.1 Å². The molecule has 2 rings (SSSR count). The van der Waals surface area contributed by atoms with Gasteiger partial charge in [-0.2, -0.15) is 0 Å². The van der Waals surface area contributed by atoms with Crippen LogP contribution < -0.4 is 26.8 Å². The van der Waals surface area contributed by atoms with Crippen LogP contribution in [0, 0.1) is 0 Å². The number of hydrogen-bond acceptors (Lipinski definition) is 10. The zero-order chi connectivity index (χ0) is 21.9. The van der Waals surface area contributed by atoms with E-state index in [-0.39, 0.29) is 43.7 Å². The van der Waals surface area contributed by atoms with Crippen molar-refractivity contribution in [1.29, 1.82) is 0 Å². The highest BCUT2D eigenvalue weighted by molar-refractivity contribution is 7.77. The molecule has 0 aliphatic carbocycles. The Morgan fingerprint density at radius 2 is 2.03 bits per heavy atom. The number of ether oxygens (including phenoxy) is 1. The number of halogens is 2. The predicted molar refractivity (Wildman–Crippen MR) is 120 cm³/mol. The summed E-state index contributed by atoms with van der Waals surface area (Å²) < 4.78 is 6.48. The van der Waals surface area contributed by atoms with Gasteiger partial charge < -0.3 is 26.2 Å². The van der Waals surface area contributed by atoms with Crippen LogP contribution in [0.3, 0.4) is 0 Å². The molecule has 0 atom stereocenters. The first-order valence-electron chi connectivity index (χ1n) is 8.96. The van der Waals surface area contributed by atoms with Crippen LogP contribution in [-0.4, -0.2) is 41.0 Å². The molecule has 1 aromatic heterocycles. The standard InChI is InChI=1S/C17H24Cl2N6O4S/c18-12-2-1-11(7-13(12)19)9-22-17-23-14(8-20)15(21-3-5-28-6-4-26)16(27)25(17)10-29-24-30/h1-2,7,21,24,26,30H,3-6,8-10,20H2,(H,22,23). The van der Waals surface area contributed by atoms with Gasteiger partial charge in [-0.15, -0.1) is 4.89 Å². The number of anilines is 2. The monoisotopic (exact) mass is 478 g/mol. The Labute approximate surface area is 189 Å². The van der Waals surface area contributed by atoms with E-state index in [1.165, 1.54) is 4.57 Å². The topological polar surface area (TPSA) is 136 Å². The normalized spacial score (nSPS) is 11.0. The largest absolute Gasteiger partial charge is 0.394 e. The molecule has 6 N–H and O–H groups in total. The van der Waals surface area contributed by atoms with E-state index in [4.69, 9.17) is 43.6 Å². The highest BCUT2D eigenvalue weighted by Crippen LogP contribution is 2.23. The lowest BCUT2D eigenvalue weighted by molar-refractivity contribution is 0.0458. The summed E-state index contributed by atoms with van der Waals surface area (Å²) >= 11 is 15.8. The van der Waals surface area contributed by atoms with Crippen molar-refractivity contribution in [3.05, 3.63) is 49.9 Å². The molecule has 1 heterocycles. The molecule has 1 aromatic carbocycles. The number of aliphatic hydroxyl groups excluding tert-OH is 1. The summed E-state index contributed by atoms with van der Waals surface area (Å²) in [6, 6.07) is 5.21. The van der Waals surface area contributed by atoms with Gasteiger partial charge in [0.2, 0.25) is 5.95 Å². The van der Waals surface area contributed by atoms with Crippen LogP contribution in [-0.2, 0) is 29.4 Å². The third kappa shape index (κ3) is 7.00. The molecule has 0 bridgehead atoms. The molecule has 166 valence electrons.